The van der Waals surface area contributed by atoms with Crippen molar-refractivity contribution in [3.63, 3.8) is 0 Å². The molecule has 0 heterocycles. The fraction of sp³-hybridized carbons (Fsp3) is 0.444. The van der Waals surface area contributed by atoms with Gasteiger partial charge in [-0.15, -0.1) is 0 Å². The fourth-order valence-corrected chi connectivity index (χ4v) is 0.607. The molecule has 0 N–H and O–H groups in total. The van der Waals surface area contributed by atoms with E-state index in [1.807, 2.05) is 19.1 Å². The van der Waals surface area contributed by atoms with E-state index < -0.39 is 0 Å². The number of ether oxygens (including phenoxy) is 1. The van der Waals surface area contributed by atoms with Gasteiger partial charge in [0.1, 0.15) is 0 Å². The lowest BCUT2D eigenvalue weighted by Gasteiger charge is -1.88. The quantitative estimate of drug-likeness (QED) is 0.268. The zero-order valence-corrected chi connectivity index (χ0v) is 7.04. The summed E-state index contributed by atoms with van der Waals surface area (Å²) >= 11 is 0. The summed E-state index contributed by atoms with van der Waals surface area (Å²) in [6, 6.07) is 0. The number of hydrogen-bond acceptors (Lipinski definition) is 2. The maximum Gasteiger partial charge on any atom is 0.330 e. The van der Waals surface area contributed by atoms with Gasteiger partial charge in [-0.05, 0) is 19.8 Å². The predicted octanol–water partition coefficient (Wildman–Crippen LogP) is 2.07. The average molecular weight is 154 g/mol. The number of allylic oxidation sites excluding steroid dienone is 3. The molecule has 11 heavy (non-hydrogen) atoms. The smallest absolute Gasteiger partial charge is 0.330 e. The van der Waals surface area contributed by atoms with Gasteiger partial charge in [0.05, 0.1) is 7.11 Å². The highest BCUT2D eigenvalue weighted by molar-refractivity contribution is 5.81. The molecule has 0 aliphatic rings. The number of carbonyl (C=O) groups excluding carboxylic acids is 1. The van der Waals surface area contributed by atoms with Crippen molar-refractivity contribution >= 4 is 5.97 Å². The Bertz CT molecular complexity index is 157. The van der Waals surface area contributed by atoms with Crippen molar-refractivity contribution < 1.29 is 9.53 Å². The van der Waals surface area contributed by atoms with E-state index in [0.29, 0.717) is 0 Å². The van der Waals surface area contributed by atoms with Crippen LogP contribution >= 0.6 is 0 Å². The number of esters is 1. The first-order chi connectivity index (χ1) is 5.31. The summed E-state index contributed by atoms with van der Waals surface area (Å²) in [6.45, 7) is 1.98. The summed E-state index contributed by atoms with van der Waals surface area (Å²) in [5, 5.41) is 0. The highest BCUT2D eigenvalue weighted by atomic mass is 16.5. The average Bonchev–Trinajstić information content (AvgIpc) is 2.04. The van der Waals surface area contributed by atoms with Crippen LogP contribution in [0.15, 0.2) is 24.3 Å². The third-order valence-corrected chi connectivity index (χ3v) is 1.19. The third kappa shape index (κ3) is 6.84. The number of hydrogen-bond donors (Lipinski definition) is 0. The summed E-state index contributed by atoms with van der Waals surface area (Å²) in [7, 11) is 1.37. The minimum Gasteiger partial charge on any atom is -0.466 e. The molecule has 0 saturated heterocycles. The molecule has 0 aliphatic heterocycles. The molecule has 0 bridgehead atoms. The van der Waals surface area contributed by atoms with E-state index in [1.54, 1.807) is 0 Å². The molecule has 62 valence electrons. The third-order valence-electron chi connectivity index (χ3n) is 1.19. The molecular formula is C9H14O2. The van der Waals surface area contributed by atoms with Gasteiger partial charge in [-0.25, -0.2) is 4.79 Å². The Labute approximate surface area is 67.6 Å². The van der Waals surface area contributed by atoms with E-state index >= 15 is 0 Å². The first kappa shape index (κ1) is 9.95. The van der Waals surface area contributed by atoms with Crippen LogP contribution in [0.1, 0.15) is 19.8 Å². The topological polar surface area (TPSA) is 26.3 Å². The fourth-order valence-electron chi connectivity index (χ4n) is 0.607. The molecular weight excluding hydrogens is 140 g/mol. The van der Waals surface area contributed by atoms with Gasteiger partial charge in [-0.2, -0.15) is 0 Å². The predicted molar refractivity (Wildman–Crippen MR) is 45.2 cm³/mol. The maximum absolute atomic E-state index is 10.5. The molecule has 0 rings (SSSR count). The van der Waals surface area contributed by atoms with Gasteiger partial charge in [0, 0.05) is 6.08 Å². The Kier molecular flexibility index (Phi) is 6.39. The van der Waals surface area contributed by atoms with Gasteiger partial charge in [0.25, 0.3) is 0 Å². The molecule has 0 aliphatic carbocycles. The summed E-state index contributed by atoms with van der Waals surface area (Å²) in [5.74, 6) is -0.287. The number of rotatable bonds is 4. The first-order valence-corrected chi connectivity index (χ1v) is 3.67. The number of carbonyl (C=O) groups is 1. The highest BCUT2D eigenvalue weighted by Gasteiger charge is 1.87. The van der Waals surface area contributed by atoms with Crippen LogP contribution in [0, 0.1) is 0 Å². The molecule has 0 fully saturated rings. The van der Waals surface area contributed by atoms with Crippen LogP contribution in [-0.4, -0.2) is 13.1 Å². The monoisotopic (exact) mass is 154 g/mol. The Morgan fingerprint density at radius 2 is 2.00 bits per heavy atom. The van der Waals surface area contributed by atoms with Crippen molar-refractivity contribution in [3.05, 3.63) is 24.3 Å². The molecule has 0 saturated carbocycles. The first-order valence-electron chi connectivity index (χ1n) is 3.67. The summed E-state index contributed by atoms with van der Waals surface area (Å²) in [5.41, 5.74) is 0. The van der Waals surface area contributed by atoms with Gasteiger partial charge in [-0.3, -0.25) is 0 Å². The second-order valence-electron chi connectivity index (χ2n) is 2.07. The van der Waals surface area contributed by atoms with E-state index in [1.165, 1.54) is 13.2 Å². The van der Waals surface area contributed by atoms with Gasteiger partial charge in [-0.1, -0.05) is 18.2 Å². The molecule has 0 amide bonds. The normalized spacial score (nSPS) is 11.1. The highest BCUT2D eigenvalue weighted by Crippen LogP contribution is 1.92. The SMILES string of the molecule is C/C=C/CC/C=C/C(=O)OC. The summed E-state index contributed by atoms with van der Waals surface area (Å²) in [4.78, 5) is 10.5. The maximum atomic E-state index is 10.5. The van der Waals surface area contributed by atoms with Gasteiger partial charge >= 0.3 is 5.97 Å². The van der Waals surface area contributed by atoms with Crippen LogP contribution in [0.2, 0.25) is 0 Å². The summed E-state index contributed by atoms with van der Waals surface area (Å²) in [6.07, 6.45) is 9.17. The van der Waals surface area contributed by atoms with Crippen molar-refractivity contribution in [2.24, 2.45) is 0 Å². The Morgan fingerprint density at radius 3 is 2.55 bits per heavy atom. The molecule has 2 nitrogen and oxygen atoms in total. The number of unbranched alkanes of at least 4 members (excludes halogenated alkanes) is 1. The van der Waals surface area contributed by atoms with Crippen LogP contribution in [0.3, 0.4) is 0 Å². The molecule has 0 aromatic rings. The van der Waals surface area contributed by atoms with Crippen LogP contribution in [0.25, 0.3) is 0 Å². The standard InChI is InChI=1S/C9H14O2/c1-3-4-5-6-7-8-9(10)11-2/h3-4,7-8H,5-6H2,1-2H3/b4-3+,8-7+. The Hall–Kier alpha value is -1.05. The minimum atomic E-state index is -0.287. The Morgan fingerprint density at radius 1 is 1.36 bits per heavy atom. The van der Waals surface area contributed by atoms with Crippen LogP contribution in [0.5, 0.6) is 0 Å². The van der Waals surface area contributed by atoms with Crippen molar-refractivity contribution in [1.29, 1.82) is 0 Å². The van der Waals surface area contributed by atoms with E-state index in [9.17, 15) is 4.79 Å². The van der Waals surface area contributed by atoms with E-state index in [4.69, 9.17) is 0 Å². The van der Waals surface area contributed by atoms with Gasteiger partial charge in [0.15, 0.2) is 0 Å². The molecule has 0 aromatic heterocycles. The molecule has 0 unspecified atom stereocenters. The van der Waals surface area contributed by atoms with Crippen LogP contribution < -0.4 is 0 Å². The van der Waals surface area contributed by atoms with Crippen molar-refractivity contribution in [1.82, 2.24) is 0 Å². The van der Waals surface area contributed by atoms with Gasteiger partial charge < -0.3 is 4.74 Å². The summed E-state index contributed by atoms with van der Waals surface area (Å²) < 4.78 is 4.41. The molecule has 2 heteroatoms. The van der Waals surface area contributed by atoms with Crippen molar-refractivity contribution in [2.75, 3.05) is 7.11 Å². The van der Waals surface area contributed by atoms with Crippen LogP contribution in [0.4, 0.5) is 0 Å². The zero-order valence-electron chi connectivity index (χ0n) is 7.04. The largest absolute Gasteiger partial charge is 0.466 e. The van der Waals surface area contributed by atoms with Crippen molar-refractivity contribution in [3.8, 4) is 0 Å². The lowest BCUT2D eigenvalue weighted by Crippen LogP contribution is -1.93. The lowest BCUT2D eigenvalue weighted by molar-refractivity contribution is -0.134. The zero-order chi connectivity index (χ0) is 8.53. The van der Waals surface area contributed by atoms with E-state index in [2.05, 4.69) is 10.8 Å². The van der Waals surface area contributed by atoms with Gasteiger partial charge in [0.2, 0.25) is 0 Å². The molecule has 0 radical (unpaired) electrons. The van der Waals surface area contributed by atoms with Crippen LogP contribution in [-0.2, 0) is 9.53 Å². The minimum absolute atomic E-state index is 0.287. The number of methoxy groups -OCH3 is 1. The second kappa shape index (κ2) is 7.06. The molecule has 0 aromatic carbocycles. The van der Waals surface area contributed by atoms with E-state index in [0.717, 1.165) is 12.8 Å². The molecule has 0 atom stereocenters. The Balaban J connectivity index is 3.37. The lowest BCUT2D eigenvalue weighted by atomic mass is 10.3. The van der Waals surface area contributed by atoms with Crippen molar-refractivity contribution in [2.45, 2.75) is 19.8 Å². The van der Waals surface area contributed by atoms with E-state index in [-0.39, 0.29) is 5.97 Å². The molecule has 0 spiro atoms. The second-order valence-corrected chi connectivity index (χ2v) is 2.07.